The molecular weight excluding hydrogens is 183 g/mol. The molecular formula is C10H15FN2O. The van der Waals surface area contributed by atoms with Crippen LogP contribution in [0.4, 0.5) is 4.39 Å². The lowest BCUT2D eigenvalue weighted by Gasteiger charge is -2.08. The molecule has 0 aliphatic carbocycles. The molecule has 4 heteroatoms. The number of hydrogen-bond donors (Lipinski definition) is 2. The first-order valence-electron chi connectivity index (χ1n) is 4.51. The molecule has 78 valence electrons. The number of rotatable bonds is 5. The van der Waals surface area contributed by atoms with Gasteiger partial charge in [-0.25, -0.2) is 4.39 Å². The van der Waals surface area contributed by atoms with Gasteiger partial charge in [-0.2, -0.15) is 0 Å². The first kappa shape index (κ1) is 10.9. The van der Waals surface area contributed by atoms with Crippen LogP contribution in [0.25, 0.3) is 0 Å². The highest BCUT2D eigenvalue weighted by molar-refractivity contribution is 5.34. The Morgan fingerprint density at radius 3 is 2.93 bits per heavy atom. The molecule has 0 aliphatic rings. The topological polar surface area (TPSA) is 47.3 Å². The van der Waals surface area contributed by atoms with Gasteiger partial charge in [0.1, 0.15) is 11.6 Å². The summed E-state index contributed by atoms with van der Waals surface area (Å²) >= 11 is 0. The van der Waals surface area contributed by atoms with Crippen molar-refractivity contribution in [2.45, 2.75) is 6.42 Å². The van der Waals surface area contributed by atoms with Crippen molar-refractivity contribution in [3.05, 3.63) is 29.6 Å². The smallest absolute Gasteiger partial charge is 0.123 e. The van der Waals surface area contributed by atoms with Crippen molar-refractivity contribution in [3.8, 4) is 5.75 Å². The van der Waals surface area contributed by atoms with Gasteiger partial charge in [0, 0.05) is 13.2 Å². The molecule has 1 aromatic rings. The lowest BCUT2D eigenvalue weighted by Crippen LogP contribution is -2.24. The number of hydrogen-bond acceptors (Lipinski definition) is 3. The van der Waals surface area contributed by atoms with E-state index in [1.54, 1.807) is 13.2 Å². The van der Waals surface area contributed by atoms with Crippen molar-refractivity contribution in [3.63, 3.8) is 0 Å². The van der Waals surface area contributed by atoms with Gasteiger partial charge in [0.25, 0.3) is 0 Å². The summed E-state index contributed by atoms with van der Waals surface area (Å²) in [7, 11) is 1.58. The normalized spacial score (nSPS) is 10.2. The van der Waals surface area contributed by atoms with Crippen molar-refractivity contribution in [2.75, 3.05) is 20.3 Å². The lowest BCUT2D eigenvalue weighted by atomic mass is 10.1. The van der Waals surface area contributed by atoms with Gasteiger partial charge in [-0.3, -0.25) is 0 Å². The third-order valence-electron chi connectivity index (χ3n) is 1.96. The summed E-state index contributed by atoms with van der Waals surface area (Å²) < 4.78 is 18.0. The Hall–Kier alpha value is -1.13. The molecule has 0 heterocycles. The maximum absolute atomic E-state index is 12.9. The van der Waals surface area contributed by atoms with Crippen LogP contribution in [0.3, 0.4) is 0 Å². The summed E-state index contributed by atoms with van der Waals surface area (Å²) in [4.78, 5) is 0. The first-order chi connectivity index (χ1) is 6.77. The molecule has 0 amide bonds. The molecule has 1 aromatic carbocycles. The molecule has 0 unspecified atom stereocenters. The van der Waals surface area contributed by atoms with Crippen LogP contribution >= 0.6 is 0 Å². The first-order valence-corrected chi connectivity index (χ1v) is 4.51. The summed E-state index contributed by atoms with van der Waals surface area (Å²) in [6, 6.07) is 4.50. The molecule has 14 heavy (non-hydrogen) atoms. The minimum atomic E-state index is -0.242. The van der Waals surface area contributed by atoms with E-state index in [1.807, 2.05) is 0 Å². The Morgan fingerprint density at radius 2 is 2.29 bits per heavy atom. The number of nitrogens with two attached hydrogens (primary N) is 1. The molecule has 3 N–H and O–H groups in total. The molecule has 0 saturated carbocycles. The average molecular weight is 198 g/mol. The molecule has 0 aromatic heterocycles. The Kier molecular flexibility index (Phi) is 4.35. The van der Waals surface area contributed by atoms with Gasteiger partial charge in [-0.05, 0) is 30.2 Å². The molecule has 0 atom stereocenters. The Bertz CT molecular complexity index is 291. The zero-order valence-electron chi connectivity index (χ0n) is 8.22. The molecule has 0 radical (unpaired) electrons. The van der Waals surface area contributed by atoms with Crippen LogP contribution in [-0.4, -0.2) is 20.3 Å². The number of ether oxygens (including phenoxy) is 1. The van der Waals surface area contributed by atoms with Crippen molar-refractivity contribution in [2.24, 2.45) is 5.73 Å². The Labute approximate surface area is 83.1 Å². The minimum Gasteiger partial charge on any atom is -0.496 e. The maximum atomic E-state index is 12.9. The number of nitrogens with one attached hydrogen (secondary N) is 1. The van der Waals surface area contributed by atoms with Crippen LogP contribution in [-0.2, 0) is 6.42 Å². The summed E-state index contributed by atoms with van der Waals surface area (Å²) in [5, 5.41) is 2.97. The van der Waals surface area contributed by atoms with E-state index in [1.165, 1.54) is 12.1 Å². The molecule has 0 aliphatic heterocycles. The van der Waals surface area contributed by atoms with Gasteiger partial charge in [-0.1, -0.05) is 0 Å². The van der Waals surface area contributed by atoms with Crippen molar-refractivity contribution in [1.29, 1.82) is 0 Å². The van der Waals surface area contributed by atoms with Crippen LogP contribution in [0.1, 0.15) is 5.56 Å². The quantitative estimate of drug-likeness (QED) is 0.545. The third kappa shape index (κ3) is 2.97. The van der Waals surface area contributed by atoms with Crippen molar-refractivity contribution in [1.82, 2.24) is 5.32 Å². The Balaban J connectivity index is 2.67. The van der Waals surface area contributed by atoms with Crippen LogP contribution < -0.4 is 15.8 Å². The summed E-state index contributed by atoms with van der Waals surface area (Å²) in [5.41, 5.74) is 6.13. The summed E-state index contributed by atoms with van der Waals surface area (Å²) in [5.74, 6) is 0.471. The lowest BCUT2D eigenvalue weighted by molar-refractivity contribution is 0.407. The maximum Gasteiger partial charge on any atom is 0.123 e. The number of halogens is 1. The monoisotopic (exact) mass is 198 g/mol. The van der Waals surface area contributed by atoms with E-state index in [2.05, 4.69) is 5.32 Å². The van der Waals surface area contributed by atoms with Gasteiger partial charge in [0.2, 0.25) is 0 Å². The van der Waals surface area contributed by atoms with Crippen LogP contribution in [0.15, 0.2) is 18.2 Å². The molecule has 1 rings (SSSR count). The SMILES string of the molecule is COc1ccc(F)cc1CCNCN. The molecule has 0 spiro atoms. The van der Waals surface area contributed by atoms with E-state index in [-0.39, 0.29) is 5.82 Å². The van der Waals surface area contributed by atoms with E-state index in [0.29, 0.717) is 18.8 Å². The highest BCUT2D eigenvalue weighted by Gasteiger charge is 2.03. The third-order valence-corrected chi connectivity index (χ3v) is 1.96. The van der Waals surface area contributed by atoms with E-state index in [4.69, 9.17) is 10.5 Å². The van der Waals surface area contributed by atoms with Gasteiger partial charge < -0.3 is 15.8 Å². The van der Waals surface area contributed by atoms with E-state index in [9.17, 15) is 4.39 Å². The largest absolute Gasteiger partial charge is 0.496 e. The van der Waals surface area contributed by atoms with Crippen molar-refractivity contribution < 1.29 is 9.13 Å². The van der Waals surface area contributed by atoms with Crippen LogP contribution in [0, 0.1) is 5.82 Å². The van der Waals surface area contributed by atoms with Gasteiger partial charge >= 0.3 is 0 Å². The van der Waals surface area contributed by atoms with E-state index in [0.717, 1.165) is 12.1 Å². The Morgan fingerprint density at radius 1 is 1.50 bits per heavy atom. The molecule has 0 fully saturated rings. The second-order valence-electron chi connectivity index (χ2n) is 2.91. The van der Waals surface area contributed by atoms with Crippen molar-refractivity contribution >= 4 is 0 Å². The second-order valence-corrected chi connectivity index (χ2v) is 2.91. The standard InChI is InChI=1S/C10H15FN2O/c1-14-10-3-2-9(11)6-8(10)4-5-13-7-12/h2-3,6,13H,4-5,7,12H2,1H3. The zero-order valence-corrected chi connectivity index (χ0v) is 8.22. The zero-order chi connectivity index (χ0) is 10.4. The van der Waals surface area contributed by atoms with Crippen LogP contribution in [0.2, 0.25) is 0 Å². The van der Waals surface area contributed by atoms with Gasteiger partial charge in [0.05, 0.1) is 7.11 Å². The molecule has 3 nitrogen and oxygen atoms in total. The number of methoxy groups -OCH3 is 1. The fraction of sp³-hybridized carbons (Fsp3) is 0.400. The highest BCUT2D eigenvalue weighted by Crippen LogP contribution is 2.19. The fourth-order valence-electron chi connectivity index (χ4n) is 1.27. The van der Waals surface area contributed by atoms with E-state index < -0.39 is 0 Å². The predicted octanol–water partition coefficient (Wildman–Crippen LogP) is 0.883. The van der Waals surface area contributed by atoms with Gasteiger partial charge in [0.15, 0.2) is 0 Å². The number of benzene rings is 1. The fourth-order valence-corrected chi connectivity index (χ4v) is 1.27. The average Bonchev–Trinajstić information content (AvgIpc) is 2.19. The van der Waals surface area contributed by atoms with Crippen LogP contribution in [0.5, 0.6) is 5.75 Å². The highest BCUT2D eigenvalue weighted by atomic mass is 19.1. The summed E-state index contributed by atoms with van der Waals surface area (Å²) in [6.07, 6.45) is 0.706. The molecule has 0 saturated heterocycles. The van der Waals surface area contributed by atoms with E-state index >= 15 is 0 Å². The second kappa shape index (κ2) is 5.57. The summed E-state index contributed by atoms with van der Waals surface area (Å²) in [6.45, 7) is 1.15. The minimum absolute atomic E-state index is 0.242. The molecule has 0 bridgehead atoms. The predicted molar refractivity (Wildman–Crippen MR) is 53.7 cm³/mol. The van der Waals surface area contributed by atoms with Gasteiger partial charge in [-0.15, -0.1) is 0 Å².